The number of benzene rings is 1. The molecule has 1 unspecified atom stereocenters. The van der Waals surface area contributed by atoms with Crippen molar-refractivity contribution in [3.8, 4) is 5.75 Å². The third-order valence-corrected chi connectivity index (χ3v) is 2.95. The Morgan fingerprint density at radius 1 is 1.42 bits per heavy atom. The van der Waals surface area contributed by atoms with E-state index in [1.807, 2.05) is 13.8 Å². The van der Waals surface area contributed by atoms with Gasteiger partial charge in [0.15, 0.2) is 0 Å². The number of hydrogen-bond donors (Lipinski definition) is 2. The molecule has 2 rings (SSSR count). The summed E-state index contributed by atoms with van der Waals surface area (Å²) < 4.78 is 5.03. The van der Waals surface area contributed by atoms with Crippen molar-refractivity contribution in [1.29, 1.82) is 0 Å². The number of nitrogens with one attached hydrogen (secondary N) is 1. The molecule has 19 heavy (non-hydrogen) atoms. The maximum atomic E-state index is 11.9. The number of hydrogen-bond acceptors (Lipinski definition) is 4. The first-order valence-corrected chi connectivity index (χ1v) is 6.09. The van der Waals surface area contributed by atoms with Gasteiger partial charge < -0.3 is 14.8 Å². The summed E-state index contributed by atoms with van der Waals surface area (Å²) in [6, 6.07) is 5.86. The van der Waals surface area contributed by atoms with E-state index in [1.54, 1.807) is 6.07 Å². The molecule has 0 bridgehead atoms. The summed E-state index contributed by atoms with van der Waals surface area (Å²) in [5, 5.41) is 12.6. The molecule has 0 saturated heterocycles. The number of amides is 1. The first kappa shape index (κ1) is 13.1. The first-order chi connectivity index (χ1) is 9.01. The molecular weight excluding hydrogens is 246 g/mol. The van der Waals surface area contributed by atoms with E-state index < -0.39 is 11.5 Å². The fraction of sp³-hybridized carbons (Fsp3) is 0.286. The van der Waals surface area contributed by atoms with Crippen LogP contribution < -0.4 is 10.9 Å². The summed E-state index contributed by atoms with van der Waals surface area (Å²) in [4.78, 5) is 23.7. The standard InChI is InChI=1S/C14H15NO4/c1-3-8(2)15-13(17)11-6-9-4-5-10(16)7-12(9)19-14(11)18/h4-8,16H,3H2,1-2H3,(H,15,17). The Bertz CT molecular complexity index is 675. The van der Waals surface area contributed by atoms with Gasteiger partial charge in [-0.25, -0.2) is 4.79 Å². The Morgan fingerprint density at radius 2 is 2.16 bits per heavy atom. The second kappa shape index (κ2) is 5.14. The van der Waals surface area contributed by atoms with Crippen LogP contribution in [0.1, 0.15) is 30.6 Å². The van der Waals surface area contributed by atoms with Crippen LogP contribution in [-0.2, 0) is 0 Å². The molecule has 0 saturated carbocycles. The lowest BCUT2D eigenvalue weighted by Gasteiger charge is -2.10. The summed E-state index contributed by atoms with van der Waals surface area (Å²) in [5.41, 5.74) is -0.484. The van der Waals surface area contributed by atoms with Crippen LogP contribution >= 0.6 is 0 Å². The van der Waals surface area contributed by atoms with Crippen LogP contribution in [0, 0.1) is 0 Å². The van der Waals surface area contributed by atoms with E-state index in [9.17, 15) is 14.7 Å². The molecule has 1 atom stereocenters. The van der Waals surface area contributed by atoms with E-state index in [4.69, 9.17) is 4.42 Å². The van der Waals surface area contributed by atoms with Gasteiger partial charge in [-0.15, -0.1) is 0 Å². The number of aromatic hydroxyl groups is 1. The Morgan fingerprint density at radius 3 is 2.84 bits per heavy atom. The first-order valence-electron chi connectivity index (χ1n) is 6.09. The topological polar surface area (TPSA) is 79.5 Å². The van der Waals surface area contributed by atoms with Crippen LogP contribution in [0.15, 0.2) is 33.5 Å². The van der Waals surface area contributed by atoms with Crippen molar-refractivity contribution >= 4 is 16.9 Å². The highest BCUT2D eigenvalue weighted by Gasteiger charge is 2.15. The van der Waals surface area contributed by atoms with Gasteiger partial charge in [-0.3, -0.25) is 4.79 Å². The summed E-state index contributed by atoms with van der Waals surface area (Å²) in [6.45, 7) is 3.80. The second-order valence-corrected chi connectivity index (χ2v) is 4.45. The summed E-state index contributed by atoms with van der Waals surface area (Å²) in [6.07, 6.45) is 0.776. The highest BCUT2D eigenvalue weighted by molar-refractivity contribution is 5.96. The molecule has 1 heterocycles. The maximum Gasteiger partial charge on any atom is 0.349 e. The summed E-state index contributed by atoms with van der Waals surface area (Å²) in [7, 11) is 0. The molecular formula is C14H15NO4. The van der Waals surface area contributed by atoms with Gasteiger partial charge in [-0.05, 0) is 31.5 Å². The van der Waals surface area contributed by atoms with Crippen molar-refractivity contribution < 1.29 is 14.3 Å². The van der Waals surface area contributed by atoms with Gasteiger partial charge in [-0.1, -0.05) is 6.92 Å². The minimum atomic E-state index is -0.709. The van der Waals surface area contributed by atoms with Crippen molar-refractivity contribution in [2.24, 2.45) is 0 Å². The minimum Gasteiger partial charge on any atom is -0.508 e. The van der Waals surface area contributed by atoms with Gasteiger partial charge in [0, 0.05) is 17.5 Å². The molecule has 2 aromatic rings. The van der Waals surface area contributed by atoms with Crippen LogP contribution in [0.25, 0.3) is 11.0 Å². The molecule has 1 aromatic heterocycles. The molecule has 0 spiro atoms. The SMILES string of the molecule is CCC(C)NC(=O)c1cc2ccc(O)cc2oc1=O. The second-order valence-electron chi connectivity index (χ2n) is 4.45. The zero-order valence-electron chi connectivity index (χ0n) is 10.8. The fourth-order valence-electron chi connectivity index (χ4n) is 1.66. The van der Waals surface area contributed by atoms with Crippen molar-refractivity contribution in [2.75, 3.05) is 0 Å². The largest absolute Gasteiger partial charge is 0.508 e. The number of phenols is 1. The maximum absolute atomic E-state index is 11.9. The predicted molar refractivity (Wildman–Crippen MR) is 71.4 cm³/mol. The lowest BCUT2D eigenvalue weighted by Crippen LogP contribution is -2.34. The van der Waals surface area contributed by atoms with Gasteiger partial charge in [0.2, 0.25) is 0 Å². The van der Waals surface area contributed by atoms with E-state index in [0.29, 0.717) is 5.39 Å². The van der Waals surface area contributed by atoms with Crippen LogP contribution in [-0.4, -0.2) is 17.1 Å². The lowest BCUT2D eigenvalue weighted by atomic mass is 10.1. The van der Waals surface area contributed by atoms with Crippen molar-refractivity contribution in [2.45, 2.75) is 26.3 Å². The smallest absolute Gasteiger partial charge is 0.349 e. The van der Waals surface area contributed by atoms with E-state index in [0.717, 1.165) is 6.42 Å². The van der Waals surface area contributed by atoms with E-state index in [1.165, 1.54) is 18.2 Å². The van der Waals surface area contributed by atoms with Gasteiger partial charge >= 0.3 is 5.63 Å². The van der Waals surface area contributed by atoms with Crippen molar-refractivity contribution in [3.63, 3.8) is 0 Å². The highest BCUT2D eigenvalue weighted by Crippen LogP contribution is 2.19. The lowest BCUT2D eigenvalue weighted by molar-refractivity contribution is 0.0935. The normalized spacial score (nSPS) is 12.3. The van der Waals surface area contributed by atoms with Crippen molar-refractivity contribution in [1.82, 2.24) is 5.32 Å². The van der Waals surface area contributed by atoms with Crippen molar-refractivity contribution in [3.05, 3.63) is 40.2 Å². The van der Waals surface area contributed by atoms with Crippen LogP contribution in [0.4, 0.5) is 0 Å². The zero-order chi connectivity index (χ0) is 14.0. The molecule has 1 aromatic carbocycles. The Kier molecular flexibility index (Phi) is 3.55. The highest BCUT2D eigenvalue weighted by atomic mass is 16.4. The molecule has 1 amide bonds. The fourth-order valence-corrected chi connectivity index (χ4v) is 1.66. The average Bonchev–Trinajstić information content (AvgIpc) is 2.37. The molecule has 0 aliphatic heterocycles. The molecule has 0 fully saturated rings. The minimum absolute atomic E-state index is 0.00690. The van der Waals surface area contributed by atoms with Gasteiger partial charge in [0.1, 0.15) is 16.9 Å². The quantitative estimate of drug-likeness (QED) is 0.828. The predicted octanol–water partition coefficient (Wildman–Crippen LogP) is 2.03. The summed E-state index contributed by atoms with van der Waals surface area (Å²) >= 11 is 0. The third-order valence-electron chi connectivity index (χ3n) is 2.95. The zero-order valence-corrected chi connectivity index (χ0v) is 10.8. The van der Waals surface area contributed by atoms with E-state index in [2.05, 4.69) is 5.32 Å². The number of carbonyl (C=O) groups is 1. The third kappa shape index (κ3) is 2.76. The van der Waals surface area contributed by atoms with E-state index in [-0.39, 0.29) is 22.9 Å². The average molecular weight is 261 g/mol. The molecule has 5 heteroatoms. The number of carbonyl (C=O) groups excluding carboxylic acids is 1. The number of rotatable bonds is 3. The molecule has 0 aliphatic rings. The number of phenolic OH excluding ortho intramolecular Hbond substituents is 1. The van der Waals surface area contributed by atoms with Gasteiger partial charge in [0.25, 0.3) is 5.91 Å². The van der Waals surface area contributed by atoms with Crippen LogP contribution in [0.3, 0.4) is 0 Å². The molecule has 100 valence electrons. The monoisotopic (exact) mass is 261 g/mol. The van der Waals surface area contributed by atoms with E-state index >= 15 is 0 Å². The van der Waals surface area contributed by atoms with Gasteiger partial charge in [-0.2, -0.15) is 0 Å². The Hall–Kier alpha value is -2.30. The Labute approximate surface area is 109 Å². The molecule has 0 aliphatic carbocycles. The molecule has 5 nitrogen and oxygen atoms in total. The van der Waals surface area contributed by atoms with Gasteiger partial charge in [0.05, 0.1) is 0 Å². The molecule has 2 N–H and O–H groups in total. The summed E-state index contributed by atoms with van der Waals surface area (Å²) in [5.74, 6) is -0.439. The number of fused-ring (bicyclic) bond motifs is 1. The Balaban J connectivity index is 2.44. The molecule has 0 radical (unpaired) electrons. The van der Waals surface area contributed by atoms with Crippen LogP contribution in [0.5, 0.6) is 5.75 Å². The van der Waals surface area contributed by atoms with Crippen LogP contribution in [0.2, 0.25) is 0 Å².